The van der Waals surface area contributed by atoms with Crippen LogP contribution in [0.1, 0.15) is 11.3 Å². The lowest BCUT2D eigenvalue weighted by Crippen LogP contribution is -2.12. The number of nitrogens with one attached hydrogen (secondary N) is 1. The molecule has 1 heterocycles. The zero-order chi connectivity index (χ0) is 11.4. The lowest BCUT2D eigenvalue weighted by atomic mass is 10.2. The van der Waals surface area contributed by atoms with Crippen LogP contribution in [0.3, 0.4) is 0 Å². The maximum Gasteiger partial charge on any atom is 0.164 e. The van der Waals surface area contributed by atoms with Crippen LogP contribution >= 0.6 is 22.6 Å². The summed E-state index contributed by atoms with van der Waals surface area (Å²) in [5, 5.41) is 3.19. The average molecular weight is 331 g/mol. The van der Waals surface area contributed by atoms with Crippen molar-refractivity contribution in [1.29, 1.82) is 0 Å². The predicted molar refractivity (Wildman–Crippen MR) is 68.4 cm³/mol. The molecule has 2 nitrogen and oxygen atoms in total. The molecule has 0 bridgehead atoms. The van der Waals surface area contributed by atoms with Gasteiger partial charge in [-0.2, -0.15) is 0 Å². The third-order valence-corrected chi connectivity index (χ3v) is 2.73. The third-order valence-electron chi connectivity index (χ3n) is 2.15. The van der Waals surface area contributed by atoms with E-state index in [1.54, 1.807) is 6.07 Å². The van der Waals surface area contributed by atoms with Gasteiger partial charge in [0.2, 0.25) is 0 Å². The van der Waals surface area contributed by atoms with Gasteiger partial charge in [-0.05, 0) is 52.4 Å². The summed E-state index contributed by atoms with van der Waals surface area (Å²) >= 11 is 2.12. The van der Waals surface area contributed by atoms with Crippen LogP contribution in [-0.2, 0) is 13.1 Å². The van der Waals surface area contributed by atoms with Crippen molar-refractivity contribution in [2.45, 2.75) is 13.1 Å². The highest BCUT2D eigenvalue weighted by Gasteiger charge is 1.99. The van der Waals surface area contributed by atoms with Crippen molar-refractivity contribution >= 4 is 22.6 Å². The van der Waals surface area contributed by atoms with Gasteiger partial charge >= 0.3 is 0 Å². The van der Waals surface area contributed by atoms with Crippen molar-refractivity contribution in [3.8, 4) is 0 Å². The van der Waals surface area contributed by atoms with E-state index in [-0.39, 0.29) is 5.82 Å². The third kappa shape index (κ3) is 3.31. The lowest BCUT2D eigenvalue weighted by Gasteiger charge is -2.02. The Morgan fingerprint density at radius 1 is 1.19 bits per heavy atom. The highest BCUT2D eigenvalue weighted by Crippen LogP contribution is 2.10. The molecular weight excluding hydrogens is 320 g/mol. The molecule has 1 aromatic heterocycles. The number of rotatable bonds is 4. The molecular formula is C12H11FINO. The van der Waals surface area contributed by atoms with Gasteiger partial charge in [-0.1, -0.05) is 12.1 Å². The Morgan fingerprint density at radius 3 is 2.75 bits per heavy atom. The van der Waals surface area contributed by atoms with Crippen LogP contribution in [-0.4, -0.2) is 0 Å². The van der Waals surface area contributed by atoms with Crippen LogP contribution in [0.25, 0.3) is 0 Å². The van der Waals surface area contributed by atoms with Gasteiger partial charge < -0.3 is 9.73 Å². The summed E-state index contributed by atoms with van der Waals surface area (Å²) in [5.74, 6) is 0.688. The second-order valence-electron chi connectivity index (χ2n) is 3.44. The number of hydrogen-bond acceptors (Lipinski definition) is 2. The first-order valence-electron chi connectivity index (χ1n) is 4.93. The summed E-state index contributed by atoms with van der Waals surface area (Å²) in [5.41, 5.74) is 0.932. The van der Waals surface area contributed by atoms with Gasteiger partial charge in [0.15, 0.2) is 3.77 Å². The van der Waals surface area contributed by atoms with Gasteiger partial charge in [0.1, 0.15) is 11.6 Å². The molecule has 0 saturated heterocycles. The molecule has 1 aromatic carbocycles. The van der Waals surface area contributed by atoms with Gasteiger partial charge in [-0.3, -0.25) is 0 Å². The standard InChI is InChI=1S/C12H11FINO/c13-10-3-1-2-9(6-10)7-15-8-11-4-5-12(14)16-11/h1-6,15H,7-8H2. The average Bonchev–Trinajstić information content (AvgIpc) is 2.64. The van der Waals surface area contributed by atoms with Gasteiger partial charge in [-0.25, -0.2) is 4.39 Å². The van der Waals surface area contributed by atoms with E-state index in [4.69, 9.17) is 4.42 Å². The molecule has 4 heteroatoms. The lowest BCUT2D eigenvalue weighted by molar-refractivity contribution is 0.463. The van der Waals surface area contributed by atoms with E-state index in [1.807, 2.05) is 18.2 Å². The molecule has 0 radical (unpaired) electrons. The van der Waals surface area contributed by atoms with Crippen molar-refractivity contribution in [1.82, 2.24) is 5.32 Å². The van der Waals surface area contributed by atoms with Crippen LogP contribution in [0.2, 0.25) is 0 Å². The quantitative estimate of drug-likeness (QED) is 0.870. The van der Waals surface area contributed by atoms with Crippen LogP contribution < -0.4 is 5.32 Å². The first-order chi connectivity index (χ1) is 7.74. The Morgan fingerprint density at radius 2 is 2.06 bits per heavy atom. The minimum atomic E-state index is -0.202. The SMILES string of the molecule is Fc1cccc(CNCc2ccc(I)o2)c1. The van der Waals surface area contributed by atoms with Crippen molar-refractivity contribution in [3.05, 3.63) is 57.3 Å². The van der Waals surface area contributed by atoms with E-state index in [1.165, 1.54) is 12.1 Å². The monoisotopic (exact) mass is 331 g/mol. The van der Waals surface area contributed by atoms with E-state index in [0.29, 0.717) is 13.1 Å². The van der Waals surface area contributed by atoms with E-state index >= 15 is 0 Å². The van der Waals surface area contributed by atoms with Gasteiger partial charge in [-0.15, -0.1) is 0 Å². The second-order valence-corrected chi connectivity index (χ2v) is 4.50. The maximum absolute atomic E-state index is 12.9. The summed E-state index contributed by atoms with van der Waals surface area (Å²) in [6.07, 6.45) is 0. The van der Waals surface area contributed by atoms with Crippen LogP contribution in [0, 0.1) is 9.58 Å². The molecule has 0 amide bonds. The highest BCUT2D eigenvalue weighted by molar-refractivity contribution is 14.1. The summed E-state index contributed by atoms with van der Waals surface area (Å²) in [6.45, 7) is 1.29. The van der Waals surface area contributed by atoms with Crippen molar-refractivity contribution in [2.75, 3.05) is 0 Å². The molecule has 0 atom stereocenters. The molecule has 0 spiro atoms. The zero-order valence-electron chi connectivity index (χ0n) is 8.54. The first-order valence-corrected chi connectivity index (χ1v) is 6.01. The van der Waals surface area contributed by atoms with E-state index in [9.17, 15) is 4.39 Å². The Labute approximate surface area is 107 Å². The number of benzene rings is 1. The molecule has 0 aliphatic carbocycles. The molecule has 84 valence electrons. The van der Waals surface area contributed by atoms with Gasteiger partial charge in [0, 0.05) is 6.54 Å². The van der Waals surface area contributed by atoms with Crippen molar-refractivity contribution in [3.63, 3.8) is 0 Å². The Bertz CT molecular complexity index is 470. The molecule has 0 aliphatic heterocycles. The van der Waals surface area contributed by atoms with Crippen LogP contribution in [0.5, 0.6) is 0 Å². The fourth-order valence-corrected chi connectivity index (χ4v) is 1.89. The number of hydrogen-bond donors (Lipinski definition) is 1. The molecule has 1 N–H and O–H groups in total. The molecule has 2 aromatic rings. The van der Waals surface area contributed by atoms with E-state index < -0.39 is 0 Å². The van der Waals surface area contributed by atoms with Crippen molar-refractivity contribution < 1.29 is 8.81 Å². The second kappa shape index (κ2) is 5.45. The summed E-state index contributed by atoms with van der Waals surface area (Å²) in [6, 6.07) is 10.4. The molecule has 0 fully saturated rings. The molecule has 0 aliphatic rings. The zero-order valence-corrected chi connectivity index (χ0v) is 10.7. The highest BCUT2D eigenvalue weighted by atomic mass is 127. The summed E-state index contributed by atoms with van der Waals surface area (Å²) < 4.78 is 19.1. The first kappa shape index (κ1) is 11.6. The van der Waals surface area contributed by atoms with E-state index in [2.05, 4.69) is 27.9 Å². The minimum Gasteiger partial charge on any atom is -0.454 e. The predicted octanol–water partition coefficient (Wildman–Crippen LogP) is 3.31. The van der Waals surface area contributed by atoms with Crippen LogP contribution in [0.15, 0.2) is 40.8 Å². The molecule has 16 heavy (non-hydrogen) atoms. The maximum atomic E-state index is 12.9. The fraction of sp³-hybridized carbons (Fsp3) is 0.167. The number of halogens is 2. The topological polar surface area (TPSA) is 25.2 Å². The molecule has 2 rings (SSSR count). The molecule has 0 unspecified atom stereocenters. The minimum absolute atomic E-state index is 0.202. The normalized spacial score (nSPS) is 10.6. The Balaban J connectivity index is 1.84. The van der Waals surface area contributed by atoms with Gasteiger partial charge in [0.05, 0.1) is 6.54 Å². The Hall–Kier alpha value is -0.880. The fourth-order valence-electron chi connectivity index (χ4n) is 1.42. The number of furan rings is 1. The van der Waals surface area contributed by atoms with Crippen molar-refractivity contribution in [2.24, 2.45) is 0 Å². The van der Waals surface area contributed by atoms with E-state index in [0.717, 1.165) is 15.1 Å². The molecule has 0 saturated carbocycles. The van der Waals surface area contributed by atoms with Gasteiger partial charge in [0.25, 0.3) is 0 Å². The smallest absolute Gasteiger partial charge is 0.164 e. The summed E-state index contributed by atoms with van der Waals surface area (Å²) in [7, 11) is 0. The largest absolute Gasteiger partial charge is 0.454 e. The van der Waals surface area contributed by atoms with Crippen LogP contribution in [0.4, 0.5) is 4.39 Å². The Kier molecular flexibility index (Phi) is 3.95. The summed E-state index contributed by atoms with van der Waals surface area (Å²) in [4.78, 5) is 0.